The molecule has 26 heteroatoms. The molecule has 0 fully saturated rings. The van der Waals surface area contributed by atoms with Gasteiger partial charge in [0, 0.05) is 0 Å². The van der Waals surface area contributed by atoms with Crippen LogP contribution in [0.25, 0.3) is 0 Å². The van der Waals surface area contributed by atoms with E-state index in [2.05, 4.69) is 0 Å². The first-order chi connectivity index (χ1) is 25.3. The number of alkyl halides is 24. The minimum atomic E-state index is -6.13. The van der Waals surface area contributed by atoms with E-state index in [0.717, 1.165) is 0 Å². The van der Waals surface area contributed by atoms with Crippen molar-refractivity contribution in [2.24, 2.45) is 0 Å². The molecule has 0 heterocycles. The van der Waals surface area contributed by atoms with Crippen molar-refractivity contribution >= 4 is 28.0 Å². The summed E-state index contributed by atoms with van der Waals surface area (Å²) in [6.07, 6.45) is -54.8. The Morgan fingerprint density at radius 1 is 0.207 bits per heavy atom. The van der Waals surface area contributed by atoms with Gasteiger partial charge in [-0.3, -0.25) is 0 Å². The predicted molar refractivity (Wildman–Crippen MR) is 150 cm³/mol. The van der Waals surface area contributed by atoms with Crippen LogP contribution < -0.4 is 51.4 Å². The number of hydrogen-bond donors (Lipinski definition) is 0. The summed E-state index contributed by atoms with van der Waals surface area (Å²) in [6, 6.07) is -8.81. The van der Waals surface area contributed by atoms with Crippen LogP contribution in [-0.4, -0.2) is 6.15 Å². The van der Waals surface area contributed by atoms with Gasteiger partial charge >= 0.3 is 79.0 Å². The van der Waals surface area contributed by atoms with Crippen LogP contribution in [0, 0.1) is 0 Å². The van der Waals surface area contributed by atoms with Crippen LogP contribution in [-0.2, 0) is 49.4 Å². The van der Waals surface area contributed by atoms with Crippen LogP contribution in [0.5, 0.6) is 0 Å². The maximum absolute atomic E-state index is 14.2. The molecule has 4 aromatic carbocycles. The van der Waals surface area contributed by atoms with E-state index in [1.54, 1.807) is 0 Å². The van der Waals surface area contributed by atoms with E-state index in [9.17, 15) is 105 Å². The van der Waals surface area contributed by atoms with E-state index in [4.69, 9.17) is 0 Å². The number of halogens is 24. The van der Waals surface area contributed by atoms with E-state index in [-0.39, 0.29) is 29.6 Å². The molecule has 0 bridgehead atoms. The average molecular weight is 886 g/mol. The Hall–Kier alpha value is -3.74. The second kappa shape index (κ2) is 15.1. The van der Waals surface area contributed by atoms with Gasteiger partial charge in [-0.15, -0.1) is 0 Å². The molecule has 4 rings (SSSR count). The summed E-state index contributed by atoms with van der Waals surface area (Å²) < 4.78 is 341. The van der Waals surface area contributed by atoms with Crippen molar-refractivity contribution in [3.8, 4) is 0 Å². The molecule has 0 atom stereocenters. The zero-order valence-corrected chi connectivity index (χ0v) is 29.6. The van der Waals surface area contributed by atoms with Gasteiger partial charge in [0.1, 0.15) is 6.15 Å². The van der Waals surface area contributed by atoms with Crippen molar-refractivity contribution in [2.45, 2.75) is 49.4 Å². The summed E-state index contributed by atoms with van der Waals surface area (Å²) in [7, 11) is 0. The Morgan fingerprint density at radius 3 is 0.397 bits per heavy atom. The fourth-order valence-corrected chi connectivity index (χ4v) is 6.07. The van der Waals surface area contributed by atoms with Gasteiger partial charge in [-0.05, 0) is 24.3 Å². The van der Waals surface area contributed by atoms with Gasteiger partial charge in [0.25, 0.3) is 0 Å². The van der Waals surface area contributed by atoms with Crippen LogP contribution in [0.15, 0.2) is 72.8 Å². The molecule has 58 heavy (non-hydrogen) atoms. The smallest absolute Gasteiger partial charge is 0.194 e. The van der Waals surface area contributed by atoms with E-state index in [0.29, 0.717) is 0 Å². The molecule has 0 N–H and O–H groups in total. The SMILES string of the molecule is FC(F)(F)c1cc([B-](c2cc(C(F)(F)F)cc(C(F)(F)F)c2)(c2cc(C(F)(F)F)cc(C(F)(F)F)c2)c2cc(C(F)(F)F)cc(C(F)(F)F)c2)cc(C(F)(F)F)c1.[Na+]. The molecule has 0 spiro atoms. The van der Waals surface area contributed by atoms with Crippen molar-refractivity contribution in [1.82, 2.24) is 0 Å². The van der Waals surface area contributed by atoms with Crippen LogP contribution in [0.3, 0.4) is 0 Å². The molecular weight excluding hydrogens is 874 g/mol. The quantitative estimate of drug-likeness (QED) is 0.143. The van der Waals surface area contributed by atoms with Crippen LogP contribution in [0.2, 0.25) is 0 Å². The topological polar surface area (TPSA) is 0 Å². The minimum Gasteiger partial charge on any atom is -0.194 e. The van der Waals surface area contributed by atoms with Gasteiger partial charge in [0.2, 0.25) is 0 Å². The Morgan fingerprint density at radius 2 is 0.310 bits per heavy atom. The first-order valence-electron chi connectivity index (χ1n) is 14.6. The Bertz CT molecular complexity index is 1700. The summed E-state index contributed by atoms with van der Waals surface area (Å²) in [5.74, 6) is 0. The fourth-order valence-electron chi connectivity index (χ4n) is 6.07. The van der Waals surface area contributed by atoms with Crippen LogP contribution >= 0.6 is 0 Å². The Labute approximate surface area is 329 Å². The first-order valence-corrected chi connectivity index (χ1v) is 14.6. The largest absolute Gasteiger partial charge is 1.00 e. The number of hydrogen-bond acceptors (Lipinski definition) is 0. The molecule has 0 saturated heterocycles. The molecule has 0 amide bonds. The standard InChI is InChI=1S/C32H12BF24.Na/c34-25(35,36)13-1-14(26(37,38)39)6-21(5-13)33(22-7-15(27(40,41)42)2-16(8-22)28(43,44)45,23-9-17(29(46,47)48)3-18(10-23)30(49,50)51)24-11-19(31(52,53)54)4-20(12-24)32(55,56)57;/h1-12H;/q-1;+1. The van der Waals surface area contributed by atoms with Gasteiger partial charge in [0.15, 0.2) is 0 Å². The van der Waals surface area contributed by atoms with Crippen LogP contribution in [0.4, 0.5) is 105 Å². The minimum absolute atomic E-state index is 0. The predicted octanol–water partition coefficient (Wildman–Crippen LogP) is 8.22. The molecule has 0 radical (unpaired) electrons. The normalized spacial score (nSPS) is 14.1. The molecule has 4 aromatic rings. The van der Waals surface area contributed by atoms with Gasteiger partial charge in [-0.25, -0.2) is 0 Å². The second-order valence-corrected chi connectivity index (χ2v) is 12.2. The molecular formula is C32H12BF24Na. The van der Waals surface area contributed by atoms with Gasteiger partial charge < -0.3 is 0 Å². The van der Waals surface area contributed by atoms with Crippen molar-refractivity contribution in [1.29, 1.82) is 0 Å². The third-order valence-corrected chi connectivity index (χ3v) is 8.44. The molecule has 312 valence electrons. The van der Waals surface area contributed by atoms with E-state index < -0.39 is 195 Å². The maximum Gasteiger partial charge on any atom is 1.00 e. The van der Waals surface area contributed by atoms with E-state index in [1.807, 2.05) is 0 Å². The molecule has 0 aliphatic rings. The Kier molecular flexibility index (Phi) is 12.6. The molecule has 0 aliphatic heterocycles. The summed E-state index contributed by atoms with van der Waals surface area (Å²) in [4.78, 5) is 0. The summed E-state index contributed by atoms with van der Waals surface area (Å²) >= 11 is 0. The van der Waals surface area contributed by atoms with E-state index in [1.165, 1.54) is 0 Å². The first kappa shape index (κ1) is 48.6. The number of rotatable bonds is 4. The summed E-state index contributed by atoms with van der Waals surface area (Å²) in [5.41, 5.74) is -30.2. The molecule has 0 unspecified atom stereocenters. The van der Waals surface area contributed by atoms with Gasteiger partial charge in [-0.2, -0.15) is 127 Å². The fraction of sp³-hybridized carbons (Fsp3) is 0.250. The third-order valence-electron chi connectivity index (χ3n) is 8.44. The monoisotopic (exact) mass is 886 g/mol. The molecule has 0 aromatic heterocycles. The van der Waals surface area contributed by atoms with Crippen molar-refractivity contribution < 1.29 is 135 Å². The average Bonchev–Trinajstić information content (AvgIpc) is 3.01. The zero-order valence-electron chi connectivity index (χ0n) is 27.6. The van der Waals surface area contributed by atoms with Crippen molar-refractivity contribution in [3.63, 3.8) is 0 Å². The van der Waals surface area contributed by atoms with Gasteiger partial charge in [0.05, 0.1) is 44.5 Å². The van der Waals surface area contributed by atoms with Gasteiger partial charge in [-0.1, -0.05) is 48.5 Å². The second-order valence-electron chi connectivity index (χ2n) is 12.2. The van der Waals surface area contributed by atoms with Crippen molar-refractivity contribution in [2.75, 3.05) is 0 Å². The zero-order chi connectivity index (χ0) is 43.9. The summed E-state index contributed by atoms with van der Waals surface area (Å²) in [5, 5.41) is 0. The summed E-state index contributed by atoms with van der Waals surface area (Å²) in [6.45, 7) is 0. The third kappa shape index (κ3) is 10.2. The Balaban J connectivity index is 0.00000900. The maximum atomic E-state index is 14.2. The van der Waals surface area contributed by atoms with Crippen LogP contribution in [0.1, 0.15) is 44.5 Å². The van der Waals surface area contributed by atoms with E-state index >= 15 is 0 Å². The van der Waals surface area contributed by atoms with Crippen molar-refractivity contribution in [3.05, 3.63) is 117 Å². The molecule has 0 nitrogen and oxygen atoms in total. The number of benzene rings is 4. The molecule has 0 saturated carbocycles. The molecule has 0 aliphatic carbocycles.